The Morgan fingerprint density at radius 2 is 2.25 bits per heavy atom. The minimum atomic E-state index is 1.22. The Kier molecular flexibility index (Phi) is 0.833. The van der Waals surface area contributed by atoms with Crippen LogP contribution < -0.4 is 5.32 Å². The maximum absolute atomic E-state index is 3.40. The molecule has 2 aliphatic rings. The second kappa shape index (κ2) is 1.51. The molecule has 1 nitrogen and oxygen atoms in total. The van der Waals surface area contributed by atoms with Crippen LogP contribution in [0.25, 0.3) is 0 Å². The summed E-state index contributed by atoms with van der Waals surface area (Å²) >= 11 is 0. The van der Waals surface area contributed by atoms with E-state index >= 15 is 0 Å². The zero-order valence-corrected chi connectivity index (χ0v) is 5.04. The van der Waals surface area contributed by atoms with Crippen molar-refractivity contribution in [2.45, 2.75) is 25.7 Å². The van der Waals surface area contributed by atoms with Gasteiger partial charge in [-0.1, -0.05) is 0 Å². The molecule has 1 heteroatoms. The second-order valence-corrected chi connectivity index (χ2v) is 2.64. The zero-order valence-electron chi connectivity index (χ0n) is 5.04. The van der Waals surface area contributed by atoms with Crippen molar-refractivity contribution < 1.29 is 0 Å². The molecule has 44 valence electrons. The molecule has 1 N–H and O–H groups in total. The third-order valence-corrected chi connectivity index (χ3v) is 1.94. The highest BCUT2D eigenvalue weighted by molar-refractivity contribution is 5.33. The van der Waals surface area contributed by atoms with Crippen molar-refractivity contribution in [1.82, 2.24) is 5.32 Å². The highest BCUT2D eigenvalue weighted by Gasteiger charge is 2.21. The van der Waals surface area contributed by atoms with Crippen LogP contribution >= 0.6 is 0 Å². The van der Waals surface area contributed by atoms with Crippen LogP contribution in [0.15, 0.2) is 11.3 Å². The van der Waals surface area contributed by atoms with Gasteiger partial charge in [-0.15, -0.1) is 0 Å². The Morgan fingerprint density at radius 3 is 3.25 bits per heavy atom. The Bertz CT molecular complexity index is 121. The lowest BCUT2D eigenvalue weighted by atomic mass is 10.2. The molecule has 0 unspecified atom stereocenters. The Morgan fingerprint density at radius 1 is 1.25 bits per heavy atom. The summed E-state index contributed by atoms with van der Waals surface area (Å²) in [5.74, 6) is 0. The smallest absolute Gasteiger partial charge is 0.0144 e. The number of hydrogen-bond acceptors (Lipinski definition) is 1. The highest BCUT2D eigenvalue weighted by atomic mass is 14.9. The van der Waals surface area contributed by atoms with Crippen LogP contribution in [0.2, 0.25) is 0 Å². The van der Waals surface area contributed by atoms with Crippen LogP contribution in [-0.2, 0) is 0 Å². The molecular formula is C7H11N. The maximum Gasteiger partial charge on any atom is 0.0144 e. The second-order valence-electron chi connectivity index (χ2n) is 2.64. The van der Waals surface area contributed by atoms with E-state index in [1.54, 1.807) is 11.3 Å². The number of rotatable bonds is 0. The molecule has 0 atom stereocenters. The summed E-state index contributed by atoms with van der Waals surface area (Å²) in [6.07, 6.45) is 5.46. The molecule has 1 heterocycles. The fourth-order valence-corrected chi connectivity index (χ4v) is 1.30. The molecule has 0 saturated heterocycles. The lowest BCUT2D eigenvalue weighted by Crippen LogP contribution is -2.07. The maximum atomic E-state index is 3.40. The summed E-state index contributed by atoms with van der Waals surface area (Å²) in [5, 5.41) is 3.40. The summed E-state index contributed by atoms with van der Waals surface area (Å²) in [4.78, 5) is 0. The zero-order chi connectivity index (χ0) is 5.40. The molecule has 2 rings (SSSR count). The minimum Gasteiger partial charge on any atom is -0.388 e. The van der Waals surface area contributed by atoms with Gasteiger partial charge in [0.2, 0.25) is 0 Å². The van der Waals surface area contributed by atoms with E-state index in [4.69, 9.17) is 0 Å². The lowest BCUT2D eigenvalue weighted by molar-refractivity contribution is 0.695. The topological polar surface area (TPSA) is 12.0 Å². The van der Waals surface area contributed by atoms with Crippen LogP contribution in [0.3, 0.4) is 0 Å². The molecule has 0 bridgehead atoms. The van der Waals surface area contributed by atoms with Crippen molar-refractivity contribution in [2.75, 3.05) is 6.54 Å². The van der Waals surface area contributed by atoms with Crippen molar-refractivity contribution in [2.24, 2.45) is 0 Å². The molecule has 0 amide bonds. The van der Waals surface area contributed by atoms with Crippen LogP contribution in [-0.4, -0.2) is 6.54 Å². The van der Waals surface area contributed by atoms with Gasteiger partial charge >= 0.3 is 0 Å². The Labute approximate surface area is 49.8 Å². The first-order valence-corrected chi connectivity index (χ1v) is 3.41. The van der Waals surface area contributed by atoms with E-state index in [0.29, 0.717) is 0 Å². The van der Waals surface area contributed by atoms with Crippen molar-refractivity contribution in [1.29, 1.82) is 0 Å². The normalized spacial score (nSPS) is 26.0. The lowest BCUT2D eigenvalue weighted by Gasteiger charge is -1.96. The van der Waals surface area contributed by atoms with Crippen LogP contribution in [0.5, 0.6) is 0 Å². The van der Waals surface area contributed by atoms with Crippen LogP contribution in [0.4, 0.5) is 0 Å². The monoisotopic (exact) mass is 109 g/mol. The number of allylic oxidation sites excluding steroid dienone is 2. The van der Waals surface area contributed by atoms with Crippen molar-refractivity contribution in [3.8, 4) is 0 Å². The largest absolute Gasteiger partial charge is 0.388 e. The summed E-state index contributed by atoms with van der Waals surface area (Å²) in [6.45, 7) is 1.22. The molecule has 0 aromatic heterocycles. The van der Waals surface area contributed by atoms with E-state index in [0.717, 1.165) is 0 Å². The molecule has 0 saturated carbocycles. The first-order chi connectivity index (χ1) is 3.97. The molecule has 1 aliphatic heterocycles. The van der Waals surface area contributed by atoms with Gasteiger partial charge in [0, 0.05) is 18.7 Å². The predicted octanol–water partition coefficient (Wildman–Crippen LogP) is 1.42. The summed E-state index contributed by atoms with van der Waals surface area (Å²) in [5.41, 5.74) is 3.25. The summed E-state index contributed by atoms with van der Waals surface area (Å²) in [6, 6.07) is 0. The standard InChI is InChI=1S/C7H11N/c1-2-4-8-7-5-6(7)3-1/h8H,1-5H2. The third kappa shape index (κ3) is 0.623. The van der Waals surface area contributed by atoms with E-state index in [-0.39, 0.29) is 0 Å². The van der Waals surface area contributed by atoms with E-state index in [2.05, 4.69) is 5.32 Å². The molecule has 0 aromatic rings. The fraction of sp³-hybridized carbons (Fsp3) is 0.714. The summed E-state index contributed by atoms with van der Waals surface area (Å²) < 4.78 is 0. The van der Waals surface area contributed by atoms with Gasteiger partial charge in [0.15, 0.2) is 0 Å². The molecule has 0 radical (unpaired) electrons. The predicted molar refractivity (Wildman–Crippen MR) is 33.5 cm³/mol. The highest BCUT2D eigenvalue weighted by Crippen LogP contribution is 2.34. The molecule has 0 spiro atoms. The van der Waals surface area contributed by atoms with Gasteiger partial charge in [-0.2, -0.15) is 0 Å². The SMILES string of the molecule is C1CCC2=C(C2)NC1. The van der Waals surface area contributed by atoms with Crippen LogP contribution in [0, 0.1) is 0 Å². The third-order valence-electron chi connectivity index (χ3n) is 1.94. The average Bonchev–Trinajstić information content (AvgIpc) is 2.36. The van der Waals surface area contributed by atoms with Crippen molar-refractivity contribution in [3.05, 3.63) is 11.3 Å². The molecule has 1 aliphatic carbocycles. The van der Waals surface area contributed by atoms with Gasteiger partial charge in [-0.3, -0.25) is 0 Å². The number of hydrogen-bond donors (Lipinski definition) is 1. The first-order valence-electron chi connectivity index (χ1n) is 3.41. The van der Waals surface area contributed by atoms with Gasteiger partial charge < -0.3 is 5.32 Å². The quantitative estimate of drug-likeness (QED) is 0.496. The van der Waals surface area contributed by atoms with E-state index in [9.17, 15) is 0 Å². The van der Waals surface area contributed by atoms with Gasteiger partial charge in [0.25, 0.3) is 0 Å². The first kappa shape index (κ1) is 4.42. The van der Waals surface area contributed by atoms with Gasteiger partial charge in [0.1, 0.15) is 0 Å². The molecule has 0 aromatic carbocycles. The molecule has 0 fully saturated rings. The number of nitrogens with one attached hydrogen (secondary N) is 1. The fourth-order valence-electron chi connectivity index (χ4n) is 1.30. The van der Waals surface area contributed by atoms with Crippen molar-refractivity contribution >= 4 is 0 Å². The molecule has 8 heavy (non-hydrogen) atoms. The van der Waals surface area contributed by atoms with Crippen LogP contribution in [0.1, 0.15) is 25.7 Å². The molecular weight excluding hydrogens is 98.1 g/mol. The Hall–Kier alpha value is -0.460. The van der Waals surface area contributed by atoms with E-state index in [1.165, 1.54) is 32.2 Å². The van der Waals surface area contributed by atoms with E-state index in [1.807, 2.05) is 0 Å². The average molecular weight is 109 g/mol. The van der Waals surface area contributed by atoms with Crippen molar-refractivity contribution in [3.63, 3.8) is 0 Å². The Balaban J connectivity index is 2.02. The van der Waals surface area contributed by atoms with E-state index < -0.39 is 0 Å². The minimum absolute atomic E-state index is 1.22. The summed E-state index contributed by atoms with van der Waals surface area (Å²) in [7, 11) is 0. The van der Waals surface area contributed by atoms with Gasteiger partial charge in [-0.05, 0) is 24.8 Å². The van der Waals surface area contributed by atoms with Gasteiger partial charge in [-0.25, -0.2) is 0 Å². The van der Waals surface area contributed by atoms with Gasteiger partial charge in [0.05, 0.1) is 0 Å².